The summed E-state index contributed by atoms with van der Waals surface area (Å²) in [5.74, 6) is -0.0355. The molecule has 0 bridgehead atoms. The third-order valence-corrected chi connectivity index (χ3v) is 5.15. The number of hydrogen-bond acceptors (Lipinski definition) is 5. The Morgan fingerprint density at radius 3 is 2.59 bits per heavy atom. The summed E-state index contributed by atoms with van der Waals surface area (Å²) >= 11 is 6.12. The second kappa shape index (κ2) is 8.98. The summed E-state index contributed by atoms with van der Waals surface area (Å²) in [5.41, 5.74) is 2.32. The van der Waals surface area contributed by atoms with E-state index in [0.717, 1.165) is 19.6 Å². The Hall–Kier alpha value is -3.03. The second-order valence-corrected chi connectivity index (χ2v) is 7.26. The first-order chi connectivity index (χ1) is 14.2. The summed E-state index contributed by atoms with van der Waals surface area (Å²) in [4.78, 5) is 17.3. The molecule has 148 valence electrons. The van der Waals surface area contributed by atoms with Gasteiger partial charge >= 0.3 is 0 Å². The van der Waals surface area contributed by atoms with Gasteiger partial charge in [0.1, 0.15) is 6.33 Å². The average Bonchev–Trinajstić information content (AvgIpc) is 3.29. The highest BCUT2D eigenvalue weighted by Gasteiger charge is 2.24. The molecule has 4 rings (SSSR count). The Kier molecular flexibility index (Phi) is 5.97. The normalized spacial score (nSPS) is 15.1. The molecule has 8 heteroatoms. The summed E-state index contributed by atoms with van der Waals surface area (Å²) < 4.78 is 1.46. The molecule has 1 aliphatic rings. The lowest BCUT2D eigenvalue weighted by Crippen LogP contribution is -2.48. The molecule has 29 heavy (non-hydrogen) atoms. The number of aromatic nitrogens is 4. The van der Waals surface area contributed by atoms with Gasteiger partial charge < -0.3 is 4.90 Å². The summed E-state index contributed by atoms with van der Waals surface area (Å²) in [7, 11) is 0. The molecule has 1 aliphatic heterocycles. The van der Waals surface area contributed by atoms with E-state index in [1.165, 1.54) is 16.6 Å². The minimum atomic E-state index is -0.0355. The molecule has 1 aromatic heterocycles. The number of hydrogen-bond donors (Lipinski definition) is 0. The minimum Gasteiger partial charge on any atom is -0.336 e. The van der Waals surface area contributed by atoms with Crippen LogP contribution in [0.5, 0.6) is 0 Å². The van der Waals surface area contributed by atoms with Gasteiger partial charge in [-0.15, -0.1) is 5.10 Å². The zero-order valence-corrected chi connectivity index (χ0v) is 16.6. The number of amides is 1. The van der Waals surface area contributed by atoms with E-state index in [4.69, 9.17) is 11.6 Å². The molecule has 0 spiro atoms. The largest absolute Gasteiger partial charge is 0.336 e. The average molecular weight is 409 g/mol. The van der Waals surface area contributed by atoms with E-state index in [1.807, 2.05) is 23.1 Å². The van der Waals surface area contributed by atoms with Gasteiger partial charge in [-0.2, -0.15) is 4.68 Å². The first kappa shape index (κ1) is 19.3. The topological polar surface area (TPSA) is 67.2 Å². The van der Waals surface area contributed by atoms with Crippen molar-refractivity contribution in [2.45, 2.75) is 0 Å². The van der Waals surface area contributed by atoms with Crippen LogP contribution in [-0.4, -0.2) is 68.6 Å². The van der Waals surface area contributed by atoms with Gasteiger partial charge in [0.2, 0.25) is 0 Å². The quantitative estimate of drug-likeness (QED) is 0.649. The maximum absolute atomic E-state index is 13.1. The predicted molar refractivity (Wildman–Crippen MR) is 112 cm³/mol. The fourth-order valence-corrected chi connectivity index (χ4v) is 3.52. The molecule has 0 N–H and O–H groups in total. The van der Waals surface area contributed by atoms with Crippen molar-refractivity contribution in [3.63, 3.8) is 0 Å². The lowest BCUT2D eigenvalue weighted by Gasteiger charge is -2.34. The highest BCUT2D eigenvalue weighted by atomic mass is 35.5. The third-order valence-electron chi connectivity index (χ3n) is 4.92. The number of carbonyl (C=O) groups excluding carboxylic acids is 1. The van der Waals surface area contributed by atoms with Gasteiger partial charge in [0.05, 0.1) is 11.3 Å². The van der Waals surface area contributed by atoms with Crippen LogP contribution in [0.15, 0.2) is 60.9 Å². The van der Waals surface area contributed by atoms with Gasteiger partial charge in [0.15, 0.2) is 0 Å². The molecule has 2 heterocycles. The van der Waals surface area contributed by atoms with Gasteiger partial charge in [-0.1, -0.05) is 54.1 Å². The summed E-state index contributed by atoms with van der Waals surface area (Å²) in [5, 5.41) is 11.7. The van der Waals surface area contributed by atoms with Gasteiger partial charge in [-0.05, 0) is 34.2 Å². The third kappa shape index (κ3) is 4.70. The number of halogens is 1. The lowest BCUT2D eigenvalue weighted by molar-refractivity contribution is 0.0650. The maximum atomic E-state index is 13.1. The molecule has 3 aromatic rings. The Labute approximate surface area is 174 Å². The Balaban J connectivity index is 1.38. The molecule has 1 saturated heterocycles. The Morgan fingerprint density at radius 2 is 1.86 bits per heavy atom. The van der Waals surface area contributed by atoms with Crippen LogP contribution in [0, 0.1) is 0 Å². The zero-order chi connectivity index (χ0) is 20.1. The summed E-state index contributed by atoms with van der Waals surface area (Å²) in [6.45, 7) is 3.89. The van der Waals surface area contributed by atoms with Gasteiger partial charge in [-0.3, -0.25) is 9.69 Å². The number of piperazine rings is 1. The van der Waals surface area contributed by atoms with Crippen LogP contribution in [0.4, 0.5) is 0 Å². The molecule has 1 amide bonds. The monoisotopic (exact) mass is 408 g/mol. The number of nitrogens with zero attached hydrogens (tertiary/aromatic N) is 6. The van der Waals surface area contributed by atoms with Crippen molar-refractivity contribution < 1.29 is 4.79 Å². The fourth-order valence-electron chi connectivity index (χ4n) is 3.35. The molecule has 7 nitrogen and oxygen atoms in total. The Morgan fingerprint density at radius 1 is 1.07 bits per heavy atom. The lowest BCUT2D eigenvalue weighted by atomic mass is 10.1. The SMILES string of the molecule is O=C(c1ccc(Cl)cc1-n1cnnn1)N1CCN(C/C=C/c2ccccc2)CC1. The number of benzene rings is 2. The summed E-state index contributed by atoms with van der Waals surface area (Å²) in [6.07, 6.45) is 5.75. The van der Waals surface area contributed by atoms with Crippen LogP contribution in [0.1, 0.15) is 15.9 Å². The second-order valence-electron chi connectivity index (χ2n) is 6.82. The van der Waals surface area contributed by atoms with Crippen molar-refractivity contribution in [1.29, 1.82) is 0 Å². The molecule has 2 aromatic carbocycles. The van der Waals surface area contributed by atoms with E-state index >= 15 is 0 Å². The van der Waals surface area contributed by atoms with Crippen molar-refractivity contribution in [3.05, 3.63) is 77.1 Å². The summed E-state index contributed by atoms with van der Waals surface area (Å²) in [6, 6.07) is 15.4. The van der Waals surface area contributed by atoms with Crippen LogP contribution < -0.4 is 0 Å². The van der Waals surface area contributed by atoms with Crippen molar-refractivity contribution in [2.75, 3.05) is 32.7 Å². The predicted octanol–water partition coefficient (Wildman–Crippen LogP) is 2.79. The Bertz CT molecular complexity index is 982. The molecule has 0 saturated carbocycles. The fraction of sp³-hybridized carbons (Fsp3) is 0.238. The van der Waals surface area contributed by atoms with Crippen LogP contribution in [0.25, 0.3) is 11.8 Å². The molecule has 1 fully saturated rings. The van der Waals surface area contributed by atoms with E-state index in [-0.39, 0.29) is 5.91 Å². The highest BCUT2D eigenvalue weighted by molar-refractivity contribution is 6.31. The van der Waals surface area contributed by atoms with Crippen molar-refractivity contribution in [1.82, 2.24) is 30.0 Å². The van der Waals surface area contributed by atoms with Crippen LogP contribution >= 0.6 is 11.6 Å². The standard InChI is InChI=1S/C21H21ClN6O/c22-18-8-9-19(20(15-18)28-16-23-24-25-28)21(29)27-13-11-26(12-14-27)10-4-7-17-5-2-1-3-6-17/h1-9,15-16H,10-14H2/b7-4+. The zero-order valence-electron chi connectivity index (χ0n) is 15.9. The highest BCUT2D eigenvalue weighted by Crippen LogP contribution is 2.21. The smallest absolute Gasteiger partial charge is 0.256 e. The van der Waals surface area contributed by atoms with Crippen LogP contribution in [-0.2, 0) is 0 Å². The molecular weight excluding hydrogens is 388 g/mol. The van der Waals surface area contributed by atoms with Crippen molar-refractivity contribution >= 4 is 23.6 Å². The van der Waals surface area contributed by atoms with E-state index in [9.17, 15) is 4.79 Å². The van der Waals surface area contributed by atoms with Gasteiger partial charge in [0.25, 0.3) is 5.91 Å². The van der Waals surface area contributed by atoms with Gasteiger partial charge in [0, 0.05) is 37.7 Å². The van der Waals surface area contributed by atoms with Crippen LogP contribution in [0.3, 0.4) is 0 Å². The number of carbonyl (C=O) groups is 1. The van der Waals surface area contributed by atoms with Gasteiger partial charge in [-0.25, -0.2) is 0 Å². The van der Waals surface area contributed by atoms with E-state index < -0.39 is 0 Å². The molecular formula is C21H21ClN6O. The van der Waals surface area contributed by atoms with E-state index in [1.54, 1.807) is 18.2 Å². The van der Waals surface area contributed by atoms with Crippen molar-refractivity contribution in [3.8, 4) is 5.69 Å². The van der Waals surface area contributed by atoms with Crippen LogP contribution in [0.2, 0.25) is 5.02 Å². The molecule has 0 radical (unpaired) electrons. The van der Waals surface area contributed by atoms with E-state index in [2.05, 4.69) is 44.7 Å². The van der Waals surface area contributed by atoms with E-state index in [0.29, 0.717) is 29.4 Å². The number of tetrazole rings is 1. The molecule has 0 aliphatic carbocycles. The minimum absolute atomic E-state index is 0.0355. The first-order valence-electron chi connectivity index (χ1n) is 9.47. The number of rotatable bonds is 5. The van der Waals surface area contributed by atoms with Crippen molar-refractivity contribution in [2.24, 2.45) is 0 Å². The molecule has 0 atom stereocenters. The first-order valence-corrected chi connectivity index (χ1v) is 9.84. The molecule has 0 unspecified atom stereocenters. The maximum Gasteiger partial charge on any atom is 0.256 e.